The molecule has 0 radical (unpaired) electrons. The first kappa shape index (κ1) is 61.7. The van der Waals surface area contributed by atoms with Gasteiger partial charge in [0.15, 0.2) is 45.4 Å². The molecule has 0 aromatic rings. The number of carbonyl (C=O) groups is 8. The summed E-state index contributed by atoms with van der Waals surface area (Å²) in [7, 11) is 0. The van der Waals surface area contributed by atoms with E-state index in [1.165, 1.54) is 37.8 Å². The number of epoxide rings is 2. The van der Waals surface area contributed by atoms with Crippen molar-refractivity contribution < 1.29 is 105 Å². The molecule has 22 heteroatoms. The summed E-state index contributed by atoms with van der Waals surface area (Å²) >= 11 is 0. The van der Waals surface area contributed by atoms with Gasteiger partial charge >= 0.3 is 48.5 Å². The third-order valence-corrected chi connectivity index (χ3v) is 12.1. The number of carbonyl (C=O) groups excluding carboxylic acids is 8. The van der Waals surface area contributed by atoms with E-state index in [2.05, 4.69) is 12.2 Å². The molecule has 6 saturated heterocycles. The first-order valence-electron chi connectivity index (χ1n) is 26.0. The first-order valence-corrected chi connectivity index (χ1v) is 26.0. The molecule has 6 heterocycles. The lowest BCUT2D eigenvalue weighted by Gasteiger charge is -2.13. The zero-order valence-corrected chi connectivity index (χ0v) is 45.5. The Morgan fingerprint density at radius 2 is 0.718 bits per heavy atom. The maximum Gasteiger partial charge on any atom is 0.514 e. The van der Waals surface area contributed by atoms with E-state index in [9.17, 15) is 38.4 Å². The lowest BCUT2D eigenvalue weighted by atomic mass is 10.1. The molecule has 0 aromatic carbocycles. The molecule has 4 unspecified atom stereocenters. The van der Waals surface area contributed by atoms with Crippen molar-refractivity contribution in [2.45, 2.75) is 179 Å². The molecule has 7 rings (SSSR count). The topological polar surface area (TPSA) is 272 Å². The first-order chi connectivity index (χ1) is 36.9. The van der Waals surface area contributed by atoms with Gasteiger partial charge in [0.25, 0.3) is 0 Å². The molecule has 0 bridgehead atoms. The van der Waals surface area contributed by atoms with Crippen LogP contribution < -0.4 is 0 Å². The summed E-state index contributed by atoms with van der Waals surface area (Å²) in [6.45, 7) is 14.0. The van der Waals surface area contributed by atoms with Crippen molar-refractivity contribution >= 4 is 48.5 Å². The number of cyclic esters (lactones) is 8. The summed E-state index contributed by atoms with van der Waals surface area (Å²) in [5.41, 5.74) is -3.34. The Morgan fingerprint density at radius 1 is 0.436 bits per heavy atom. The van der Waals surface area contributed by atoms with Gasteiger partial charge in [-0.15, -0.1) is 0 Å². The summed E-state index contributed by atoms with van der Waals surface area (Å²) in [5.74, 6) is -0.796. The van der Waals surface area contributed by atoms with E-state index >= 15 is 0 Å². The lowest BCUT2D eigenvalue weighted by molar-refractivity contribution is -0.140. The van der Waals surface area contributed by atoms with E-state index in [1.807, 2.05) is 0 Å². The van der Waals surface area contributed by atoms with Crippen molar-refractivity contribution in [3.8, 4) is 0 Å². The van der Waals surface area contributed by atoms with E-state index < -0.39 is 70.9 Å². The average Bonchev–Trinajstić information content (AvgIpc) is 4.17. The van der Waals surface area contributed by atoms with E-state index in [1.54, 1.807) is 91.8 Å². The van der Waals surface area contributed by atoms with Gasteiger partial charge in [-0.2, -0.15) is 0 Å². The number of rotatable bonds is 22. The van der Waals surface area contributed by atoms with Gasteiger partial charge in [-0.1, -0.05) is 24.3 Å². The second-order valence-electron chi connectivity index (χ2n) is 20.3. The van der Waals surface area contributed by atoms with Gasteiger partial charge in [0.2, 0.25) is 0 Å². The Kier molecular flexibility index (Phi) is 22.9. The molecule has 7 aliphatic rings. The summed E-state index contributed by atoms with van der Waals surface area (Å²) < 4.78 is 70.9. The second-order valence-corrected chi connectivity index (χ2v) is 20.3. The number of allylic oxidation sites excluding steroid dienone is 4. The highest BCUT2D eigenvalue weighted by molar-refractivity contribution is 5.91. The van der Waals surface area contributed by atoms with Crippen molar-refractivity contribution in [1.82, 2.24) is 0 Å². The zero-order chi connectivity index (χ0) is 56.9. The second kappa shape index (κ2) is 29.0. The normalized spacial score (nSPS) is 25.6. The van der Waals surface area contributed by atoms with E-state index in [0.29, 0.717) is 73.8 Å². The highest BCUT2D eigenvalue weighted by atomic mass is 16.8. The maximum atomic E-state index is 11.8. The predicted octanol–water partition coefficient (Wildman–Crippen LogP) is 9.90. The molecule has 0 saturated carbocycles. The smallest absolute Gasteiger partial charge is 0.462 e. The van der Waals surface area contributed by atoms with Gasteiger partial charge in [-0.3, -0.25) is 0 Å². The van der Waals surface area contributed by atoms with Gasteiger partial charge in [0.1, 0.15) is 0 Å². The molecule has 0 aromatic heterocycles. The van der Waals surface area contributed by atoms with Gasteiger partial charge < -0.3 is 66.3 Å². The van der Waals surface area contributed by atoms with Crippen LogP contribution in [0.25, 0.3) is 0 Å². The SMILES string of the molecule is C1=CCCC2OC2CC1.CC1(C)OC(=O)O/C1=C/CCOC(=O)/C=C/C(=O)OCC/C=C1/OC(=O)OC1(C)C.CC1(C)OC(=O)O/C1=C/CCOC(=O)C=CCCC1OC1CCC=CC(=O)OCC/C=C1/OC(=O)OC1(C)C. The molecule has 0 N–H and O–H groups in total. The van der Waals surface area contributed by atoms with E-state index in [-0.39, 0.29) is 38.6 Å². The largest absolute Gasteiger partial charge is 0.514 e. The quantitative estimate of drug-likeness (QED) is 0.0243. The van der Waals surface area contributed by atoms with Crippen LogP contribution in [-0.2, 0) is 85.5 Å². The summed E-state index contributed by atoms with van der Waals surface area (Å²) in [6.07, 6.45) is 27.2. The number of fused-ring (bicyclic) bond motifs is 1. The molecule has 4 atom stereocenters. The van der Waals surface area contributed by atoms with Crippen LogP contribution >= 0.6 is 0 Å². The molecular formula is C56H72O22. The molecule has 6 fully saturated rings. The molecule has 428 valence electrons. The molecule has 1 aliphatic carbocycles. The zero-order valence-electron chi connectivity index (χ0n) is 45.5. The monoisotopic (exact) mass is 1100 g/mol. The third-order valence-electron chi connectivity index (χ3n) is 12.1. The Labute approximate surface area is 453 Å². The Hall–Kier alpha value is -7.20. The summed E-state index contributed by atoms with van der Waals surface area (Å²) in [4.78, 5) is 91.4. The summed E-state index contributed by atoms with van der Waals surface area (Å²) in [6, 6.07) is 0. The van der Waals surface area contributed by atoms with E-state index in [0.717, 1.165) is 25.0 Å². The minimum absolute atomic E-state index is 0.0273. The molecule has 0 spiro atoms. The fourth-order valence-corrected chi connectivity index (χ4v) is 7.86. The number of hydrogen-bond acceptors (Lipinski definition) is 22. The van der Waals surface area contributed by atoms with Gasteiger partial charge in [0, 0.05) is 50.0 Å². The van der Waals surface area contributed by atoms with Gasteiger partial charge in [0.05, 0.1) is 50.8 Å². The van der Waals surface area contributed by atoms with Crippen molar-refractivity contribution in [2.24, 2.45) is 0 Å². The average molecular weight is 1100 g/mol. The van der Waals surface area contributed by atoms with Crippen LogP contribution in [0, 0.1) is 0 Å². The molecule has 6 aliphatic heterocycles. The van der Waals surface area contributed by atoms with Gasteiger partial charge in [-0.25, -0.2) is 38.4 Å². The number of hydrogen-bond donors (Lipinski definition) is 0. The third kappa shape index (κ3) is 21.7. The minimum Gasteiger partial charge on any atom is -0.462 e. The Balaban J connectivity index is 0.000000252. The van der Waals surface area contributed by atoms with Crippen LogP contribution in [0.3, 0.4) is 0 Å². The Morgan fingerprint density at radius 3 is 0.987 bits per heavy atom. The van der Waals surface area contributed by atoms with Gasteiger partial charge in [-0.05, 0) is 131 Å². The van der Waals surface area contributed by atoms with Crippen LogP contribution in [0.1, 0.15) is 132 Å². The van der Waals surface area contributed by atoms with Crippen LogP contribution in [0.2, 0.25) is 0 Å². The van der Waals surface area contributed by atoms with Crippen molar-refractivity contribution in [1.29, 1.82) is 0 Å². The van der Waals surface area contributed by atoms with E-state index in [4.69, 9.17) is 66.3 Å². The van der Waals surface area contributed by atoms with Crippen molar-refractivity contribution in [3.63, 3.8) is 0 Å². The van der Waals surface area contributed by atoms with Crippen molar-refractivity contribution in [3.05, 3.63) is 95.9 Å². The molecule has 78 heavy (non-hydrogen) atoms. The number of esters is 4. The fraction of sp³-hybridized carbons (Fsp3) is 0.571. The Bertz CT molecular complexity index is 2270. The minimum atomic E-state index is -0.858. The lowest BCUT2D eigenvalue weighted by Crippen LogP contribution is -2.20. The fourth-order valence-electron chi connectivity index (χ4n) is 7.86. The standard InChI is InChI=1S/C28H36O11.C20H24O10.C8H12O/c1-27(2)21(36-25(31)38-27)13-9-17-33-23(29)15-7-5-11-19-20(35-19)12-6-8-16-24(30)34-18-10-14-22-28(3,4)39-26(32)37-22;1-19(2)13(27-17(23)29-19)7-5-11-25-15(21)9-10-16(22)26-12-6-8-14-20(3,4)30-18(24)28-14;1-2-4-6-8-7(9-8)5-3-1/h7-8,13-16,19-20H,5-6,9-12,17-18H2,1-4H3;7-10H,5-6,11-12H2,1-4H3;1-2,7-8H,3-6H2/b15-7?,16-8?,21-13+,22-14+;10-9+,13-7+,14-8+;. The molecule has 22 nitrogen and oxygen atoms in total. The van der Waals surface area contributed by atoms with Crippen molar-refractivity contribution in [2.75, 3.05) is 26.4 Å². The van der Waals surface area contributed by atoms with Crippen LogP contribution in [0.5, 0.6) is 0 Å². The van der Waals surface area contributed by atoms with Crippen LogP contribution in [-0.4, -0.2) is 122 Å². The number of ether oxygens (including phenoxy) is 14. The highest BCUT2D eigenvalue weighted by Crippen LogP contribution is 2.35. The summed E-state index contributed by atoms with van der Waals surface area (Å²) in [5, 5.41) is 0. The highest BCUT2D eigenvalue weighted by Gasteiger charge is 2.42. The van der Waals surface area contributed by atoms with Crippen LogP contribution in [0.4, 0.5) is 19.2 Å². The predicted molar refractivity (Wildman–Crippen MR) is 272 cm³/mol. The molecule has 0 amide bonds. The maximum absolute atomic E-state index is 11.8. The van der Waals surface area contributed by atoms with Crippen LogP contribution in [0.15, 0.2) is 95.9 Å². The molecular weight excluding hydrogens is 1020 g/mol.